The number of rotatable bonds is 16. The van der Waals surface area contributed by atoms with Crippen LogP contribution in [0.2, 0.25) is 0 Å². The van der Waals surface area contributed by atoms with Crippen molar-refractivity contribution in [2.45, 2.75) is 0 Å². The largest absolute Gasteiger partial charge is 0.491 e. The molecule has 4 aromatic rings. The van der Waals surface area contributed by atoms with Crippen molar-refractivity contribution in [2.75, 3.05) is 67.1 Å². The van der Waals surface area contributed by atoms with Gasteiger partial charge in [-0.05, 0) is 72.8 Å². The van der Waals surface area contributed by atoms with E-state index in [1.165, 1.54) is 0 Å². The third-order valence-electron chi connectivity index (χ3n) is 6.96. The van der Waals surface area contributed by atoms with Crippen molar-refractivity contribution in [3.8, 4) is 23.0 Å². The van der Waals surface area contributed by atoms with Gasteiger partial charge in [0.25, 0.3) is 0 Å². The van der Waals surface area contributed by atoms with Crippen LogP contribution in [0.4, 0.5) is 11.4 Å². The fraction of sp³-hybridized carbons (Fsp3) is 0.294. The lowest BCUT2D eigenvalue weighted by Gasteiger charge is -2.23. The molecule has 0 fully saturated rings. The second kappa shape index (κ2) is 14.3. The highest BCUT2D eigenvalue weighted by atomic mass is 16.5. The molecule has 6 rings (SSSR count). The minimum atomic E-state index is 0.457. The molecule has 0 atom stereocenters. The van der Waals surface area contributed by atoms with E-state index in [1.807, 2.05) is 72.8 Å². The molecule has 0 N–H and O–H groups in total. The molecule has 228 valence electrons. The number of ether oxygens (including phenoxy) is 8. The molecule has 0 bridgehead atoms. The highest BCUT2D eigenvalue weighted by molar-refractivity contribution is 6.16. The van der Waals surface area contributed by atoms with Crippen LogP contribution in [0.15, 0.2) is 82.8 Å². The molecule has 0 saturated carbocycles. The van der Waals surface area contributed by atoms with Crippen LogP contribution in [0, 0.1) is 0 Å². The molecule has 0 aromatic heterocycles. The third kappa shape index (κ3) is 6.84. The van der Waals surface area contributed by atoms with Crippen molar-refractivity contribution in [1.29, 1.82) is 0 Å². The van der Waals surface area contributed by atoms with Crippen LogP contribution in [0.1, 0.15) is 11.1 Å². The van der Waals surface area contributed by atoms with E-state index in [0.29, 0.717) is 76.1 Å². The van der Waals surface area contributed by atoms with Crippen LogP contribution in [0.25, 0.3) is 10.8 Å². The van der Waals surface area contributed by atoms with E-state index < -0.39 is 0 Å². The Balaban J connectivity index is 1.13. The molecule has 44 heavy (non-hydrogen) atoms. The summed E-state index contributed by atoms with van der Waals surface area (Å²) in [6.45, 7) is 4.13. The first-order valence-electron chi connectivity index (χ1n) is 14.5. The minimum Gasteiger partial charge on any atom is -0.491 e. The van der Waals surface area contributed by atoms with Crippen molar-refractivity contribution in [2.24, 2.45) is 9.98 Å². The smallest absolute Gasteiger partial charge is 0.227 e. The standard InChI is InChI=1S/C34H34N2O8/c1-37-15-17-39-19-21-41-25-7-3-23(4-8-25)33-35-27-11-14-30-32-28(12-13-29(43-33)31(27)32)36-34(44-30)24-5-9-26(10-6-24)42-22-20-40-18-16-38-2/h3-14H,15-22H2,1-2H3. The maximum Gasteiger partial charge on any atom is 0.227 e. The Kier molecular flexibility index (Phi) is 9.63. The number of nitrogens with zero attached hydrogens (tertiary/aromatic N) is 2. The van der Waals surface area contributed by atoms with E-state index in [4.69, 9.17) is 47.9 Å². The molecule has 4 aromatic carbocycles. The molecule has 0 amide bonds. The first kappa shape index (κ1) is 29.6. The average molecular weight is 599 g/mol. The minimum absolute atomic E-state index is 0.457. The van der Waals surface area contributed by atoms with Gasteiger partial charge in [-0.15, -0.1) is 0 Å². The summed E-state index contributed by atoms with van der Waals surface area (Å²) in [6.07, 6.45) is 0. The number of benzene rings is 4. The summed E-state index contributed by atoms with van der Waals surface area (Å²) in [7, 11) is 3.30. The quantitative estimate of drug-likeness (QED) is 0.148. The average Bonchev–Trinajstić information content (AvgIpc) is 3.07. The predicted molar refractivity (Wildman–Crippen MR) is 167 cm³/mol. The van der Waals surface area contributed by atoms with Crippen molar-refractivity contribution in [1.82, 2.24) is 0 Å². The lowest BCUT2D eigenvalue weighted by Crippen LogP contribution is -2.16. The fourth-order valence-electron chi connectivity index (χ4n) is 4.79. The molecular weight excluding hydrogens is 564 g/mol. The van der Waals surface area contributed by atoms with Crippen LogP contribution in [0.5, 0.6) is 23.0 Å². The van der Waals surface area contributed by atoms with Gasteiger partial charge in [0.05, 0.1) is 61.8 Å². The summed E-state index contributed by atoms with van der Waals surface area (Å²) in [6, 6.07) is 23.1. The summed E-state index contributed by atoms with van der Waals surface area (Å²) < 4.78 is 44.9. The number of methoxy groups -OCH3 is 2. The van der Waals surface area contributed by atoms with Gasteiger partial charge in [0.15, 0.2) is 0 Å². The monoisotopic (exact) mass is 598 g/mol. The molecular formula is C34H34N2O8. The first-order chi connectivity index (χ1) is 21.7. The van der Waals surface area contributed by atoms with E-state index >= 15 is 0 Å². The lowest BCUT2D eigenvalue weighted by atomic mass is 10.0. The van der Waals surface area contributed by atoms with E-state index in [0.717, 1.165) is 44.8 Å². The molecule has 10 nitrogen and oxygen atoms in total. The zero-order chi connectivity index (χ0) is 30.1. The van der Waals surface area contributed by atoms with Gasteiger partial charge in [0.1, 0.15) is 36.2 Å². The number of aliphatic imine (C=N–C) groups is 2. The Hall–Kier alpha value is -4.48. The number of hydrogen-bond donors (Lipinski definition) is 0. The number of hydrogen-bond acceptors (Lipinski definition) is 10. The molecule has 10 heteroatoms. The summed E-state index contributed by atoms with van der Waals surface area (Å²) in [5.41, 5.74) is 3.28. The maximum absolute atomic E-state index is 6.27. The molecule has 0 spiro atoms. The SMILES string of the molecule is COCCOCCOc1ccc(C2=Nc3ccc4c5c(ccc(c35)O2)N=C(c2ccc(OCCOCCOC)cc2)O4)cc1. The summed E-state index contributed by atoms with van der Waals surface area (Å²) >= 11 is 0. The lowest BCUT2D eigenvalue weighted by molar-refractivity contribution is 0.0544. The van der Waals surface area contributed by atoms with Gasteiger partial charge in [-0.25, -0.2) is 9.98 Å². The normalized spacial score (nSPS) is 13.1. The van der Waals surface area contributed by atoms with Crippen LogP contribution in [0.3, 0.4) is 0 Å². The molecule has 2 heterocycles. The summed E-state index contributed by atoms with van der Waals surface area (Å²) in [5.74, 6) is 3.93. The molecule has 0 radical (unpaired) electrons. The third-order valence-corrected chi connectivity index (χ3v) is 6.96. The molecule has 0 saturated heterocycles. The van der Waals surface area contributed by atoms with Crippen LogP contribution >= 0.6 is 0 Å². The van der Waals surface area contributed by atoms with Gasteiger partial charge in [0.2, 0.25) is 11.8 Å². The van der Waals surface area contributed by atoms with Gasteiger partial charge >= 0.3 is 0 Å². The van der Waals surface area contributed by atoms with Crippen LogP contribution in [-0.2, 0) is 18.9 Å². The molecule has 2 aliphatic heterocycles. The highest BCUT2D eigenvalue weighted by Gasteiger charge is 2.26. The van der Waals surface area contributed by atoms with Gasteiger partial charge < -0.3 is 37.9 Å². The molecule has 2 aliphatic rings. The first-order valence-corrected chi connectivity index (χ1v) is 14.5. The van der Waals surface area contributed by atoms with Crippen LogP contribution < -0.4 is 18.9 Å². The van der Waals surface area contributed by atoms with E-state index in [2.05, 4.69) is 0 Å². The molecule has 0 unspecified atom stereocenters. The predicted octanol–water partition coefficient (Wildman–Crippen LogP) is 5.86. The zero-order valence-corrected chi connectivity index (χ0v) is 24.7. The van der Waals surface area contributed by atoms with E-state index in [-0.39, 0.29) is 0 Å². The molecule has 0 aliphatic carbocycles. The van der Waals surface area contributed by atoms with Crippen molar-refractivity contribution in [3.63, 3.8) is 0 Å². The topological polar surface area (TPSA) is 98.6 Å². The van der Waals surface area contributed by atoms with Gasteiger partial charge in [-0.2, -0.15) is 0 Å². The highest BCUT2D eigenvalue weighted by Crippen LogP contribution is 2.48. The summed E-state index contributed by atoms with van der Waals surface area (Å²) in [5, 5.41) is 1.74. The second-order valence-corrected chi connectivity index (χ2v) is 9.91. The Bertz CT molecular complexity index is 1510. The Morgan fingerprint density at radius 2 is 0.886 bits per heavy atom. The van der Waals surface area contributed by atoms with Crippen molar-refractivity contribution >= 4 is 33.9 Å². The van der Waals surface area contributed by atoms with E-state index in [1.54, 1.807) is 14.2 Å². The maximum atomic E-state index is 6.27. The Morgan fingerprint density at radius 1 is 0.477 bits per heavy atom. The van der Waals surface area contributed by atoms with Crippen molar-refractivity contribution in [3.05, 3.63) is 83.9 Å². The Labute approximate surface area is 255 Å². The Morgan fingerprint density at radius 3 is 1.30 bits per heavy atom. The fourth-order valence-corrected chi connectivity index (χ4v) is 4.79. The summed E-state index contributed by atoms with van der Waals surface area (Å²) in [4.78, 5) is 9.66. The van der Waals surface area contributed by atoms with Crippen molar-refractivity contribution < 1.29 is 37.9 Å². The zero-order valence-electron chi connectivity index (χ0n) is 24.7. The van der Waals surface area contributed by atoms with Gasteiger partial charge in [0, 0.05) is 25.3 Å². The van der Waals surface area contributed by atoms with E-state index in [9.17, 15) is 0 Å². The van der Waals surface area contributed by atoms with Crippen LogP contribution in [-0.4, -0.2) is 78.9 Å². The van der Waals surface area contributed by atoms with Gasteiger partial charge in [-0.3, -0.25) is 0 Å². The second-order valence-electron chi connectivity index (χ2n) is 9.91. The van der Waals surface area contributed by atoms with Gasteiger partial charge in [-0.1, -0.05) is 0 Å².